The van der Waals surface area contributed by atoms with Crippen molar-refractivity contribution in [3.63, 3.8) is 0 Å². The van der Waals surface area contributed by atoms with Gasteiger partial charge in [-0.1, -0.05) is 18.2 Å². The van der Waals surface area contributed by atoms with Gasteiger partial charge in [0.15, 0.2) is 5.69 Å². The molecule has 0 aliphatic heterocycles. The minimum atomic E-state index is -0.689. The van der Waals surface area contributed by atoms with Crippen LogP contribution in [0, 0.1) is 0 Å². The van der Waals surface area contributed by atoms with Crippen molar-refractivity contribution in [2.45, 2.75) is 26.5 Å². The SMILES string of the molecule is COC(=O)c1c(-c2ccc(OC(C)C)c(CN(C)C)c2)nn(-c2ccccc2)c1C(=O)OC. The molecule has 0 radical (unpaired) electrons. The molecule has 1 aromatic heterocycles. The van der Waals surface area contributed by atoms with Crippen molar-refractivity contribution in [3.05, 3.63) is 65.4 Å². The van der Waals surface area contributed by atoms with E-state index in [4.69, 9.17) is 14.2 Å². The molecule has 2 aromatic carbocycles. The van der Waals surface area contributed by atoms with Crippen LogP contribution in [0.15, 0.2) is 48.5 Å². The summed E-state index contributed by atoms with van der Waals surface area (Å²) >= 11 is 0. The second-order valence-electron chi connectivity index (χ2n) is 8.03. The summed E-state index contributed by atoms with van der Waals surface area (Å²) in [5.74, 6) is -0.617. The van der Waals surface area contributed by atoms with E-state index in [0.717, 1.165) is 11.3 Å². The molecule has 8 nitrogen and oxygen atoms in total. The summed E-state index contributed by atoms with van der Waals surface area (Å²) in [5, 5.41) is 4.66. The van der Waals surface area contributed by atoms with Gasteiger partial charge >= 0.3 is 11.9 Å². The van der Waals surface area contributed by atoms with Crippen LogP contribution in [0.1, 0.15) is 40.3 Å². The molecular formula is C25H29N3O5. The molecule has 0 unspecified atom stereocenters. The first kappa shape index (κ1) is 24.0. The molecule has 0 atom stereocenters. The molecule has 0 fully saturated rings. The molecule has 3 rings (SSSR count). The number of hydrogen-bond acceptors (Lipinski definition) is 7. The molecule has 174 valence electrons. The van der Waals surface area contributed by atoms with Crippen molar-refractivity contribution in [2.75, 3.05) is 28.3 Å². The normalized spacial score (nSPS) is 11.0. The molecular weight excluding hydrogens is 422 g/mol. The lowest BCUT2D eigenvalue weighted by Crippen LogP contribution is -2.15. The maximum absolute atomic E-state index is 12.9. The van der Waals surface area contributed by atoms with Crippen molar-refractivity contribution >= 4 is 11.9 Å². The molecule has 33 heavy (non-hydrogen) atoms. The summed E-state index contributed by atoms with van der Waals surface area (Å²) in [6, 6.07) is 14.7. The first-order valence-electron chi connectivity index (χ1n) is 10.6. The summed E-state index contributed by atoms with van der Waals surface area (Å²) in [6.07, 6.45) is 0.00519. The predicted octanol–water partition coefficient (Wildman–Crippen LogP) is 3.96. The van der Waals surface area contributed by atoms with Crippen LogP contribution in [-0.4, -0.2) is 61.0 Å². The second kappa shape index (κ2) is 10.3. The predicted molar refractivity (Wildman–Crippen MR) is 125 cm³/mol. The zero-order valence-corrected chi connectivity index (χ0v) is 19.8. The average Bonchev–Trinajstić information content (AvgIpc) is 3.19. The van der Waals surface area contributed by atoms with Crippen molar-refractivity contribution in [3.8, 4) is 22.7 Å². The van der Waals surface area contributed by atoms with Gasteiger partial charge in [-0.3, -0.25) is 0 Å². The van der Waals surface area contributed by atoms with E-state index < -0.39 is 11.9 Å². The van der Waals surface area contributed by atoms with Gasteiger partial charge in [-0.15, -0.1) is 0 Å². The molecule has 1 heterocycles. The highest BCUT2D eigenvalue weighted by molar-refractivity contribution is 6.06. The largest absolute Gasteiger partial charge is 0.491 e. The van der Waals surface area contributed by atoms with Gasteiger partial charge < -0.3 is 19.1 Å². The van der Waals surface area contributed by atoms with Gasteiger partial charge in [0, 0.05) is 17.7 Å². The van der Waals surface area contributed by atoms with E-state index in [9.17, 15) is 9.59 Å². The number of aromatic nitrogens is 2. The second-order valence-corrected chi connectivity index (χ2v) is 8.03. The number of para-hydroxylation sites is 1. The van der Waals surface area contributed by atoms with Crippen LogP contribution in [0.3, 0.4) is 0 Å². The Morgan fingerprint density at radius 2 is 1.67 bits per heavy atom. The van der Waals surface area contributed by atoms with Gasteiger partial charge in [-0.05, 0) is 58.3 Å². The smallest absolute Gasteiger partial charge is 0.357 e. The average molecular weight is 452 g/mol. The fourth-order valence-electron chi connectivity index (χ4n) is 3.52. The third kappa shape index (κ3) is 5.23. The highest BCUT2D eigenvalue weighted by Crippen LogP contribution is 2.33. The van der Waals surface area contributed by atoms with Crippen molar-refractivity contribution in [1.29, 1.82) is 0 Å². The van der Waals surface area contributed by atoms with Crippen LogP contribution in [0.5, 0.6) is 5.75 Å². The lowest BCUT2D eigenvalue weighted by molar-refractivity contribution is 0.0549. The summed E-state index contributed by atoms with van der Waals surface area (Å²) in [4.78, 5) is 27.6. The van der Waals surface area contributed by atoms with Gasteiger partial charge in [0.25, 0.3) is 0 Å². The van der Waals surface area contributed by atoms with Gasteiger partial charge in [-0.25, -0.2) is 14.3 Å². The van der Waals surface area contributed by atoms with E-state index in [-0.39, 0.29) is 17.4 Å². The van der Waals surface area contributed by atoms with E-state index >= 15 is 0 Å². The van der Waals surface area contributed by atoms with Crippen LogP contribution < -0.4 is 4.74 Å². The zero-order valence-electron chi connectivity index (χ0n) is 19.8. The summed E-state index contributed by atoms with van der Waals surface area (Å²) in [5.41, 5.74) is 2.56. The minimum Gasteiger partial charge on any atom is -0.491 e. The Balaban J connectivity index is 2.29. The standard InChI is InChI=1S/C25H29N3O5/c1-16(2)33-20-13-12-17(14-18(20)15-27(3)4)22-21(24(29)31-5)23(25(30)32-6)28(26-22)19-10-8-7-9-11-19/h7-14,16H,15H2,1-6H3. The van der Waals surface area contributed by atoms with Crippen LogP contribution >= 0.6 is 0 Å². The highest BCUT2D eigenvalue weighted by atomic mass is 16.5. The van der Waals surface area contributed by atoms with Crippen LogP contribution in [-0.2, 0) is 16.0 Å². The number of carbonyl (C=O) groups excluding carboxylic acids is 2. The summed E-state index contributed by atoms with van der Waals surface area (Å²) in [7, 11) is 6.46. The molecule has 0 aliphatic rings. The van der Waals surface area contributed by atoms with Crippen molar-refractivity contribution in [1.82, 2.24) is 14.7 Å². The molecule has 0 N–H and O–H groups in total. The number of carbonyl (C=O) groups is 2. The first-order chi connectivity index (χ1) is 15.8. The quantitative estimate of drug-likeness (QED) is 0.480. The lowest BCUT2D eigenvalue weighted by atomic mass is 10.0. The Hall–Kier alpha value is -3.65. The third-order valence-corrected chi connectivity index (χ3v) is 4.84. The molecule has 0 bridgehead atoms. The molecule has 0 amide bonds. The van der Waals surface area contributed by atoms with E-state index in [1.54, 1.807) is 12.1 Å². The van der Waals surface area contributed by atoms with Crippen molar-refractivity contribution < 1.29 is 23.8 Å². The Morgan fingerprint density at radius 3 is 2.24 bits per heavy atom. The van der Waals surface area contributed by atoms with E-state index in [1.165, 1.54) is 18.9 Å². The van der Waals surface area contributed by atoms with Crippen LogP contribution in [0.25, 0.3) is 16.9 Å². The first-order valence-corrected chi connectivity index (χ1v) is 10.6. The number of hydrogen-bond donors (Lipinski definition) is 0. The van der Waals surface area contributed by atoms with E-state index in [1.807, 2.05) is 69.2 Å². The fourth-order valence-corrected chi connectivity index (χ4v) is 3.52. The number of rotatable bonds is 8. The van der Waals surface area contributed by atoms with Crippen LogP contribution in [0.4, 0.5) is 0 Å². The Morgan fingerprint density at radius 1 is 1.00 bits per heavy atom. The van der Waals surface area contributed by atoms with Crippen molar-refractivity contribution in [2.24, 2.45) is 0 Å². The zero-order chi connectivity index (χ0) is 24.1. The maximum Gasteiger partial charge on any atom is 0.357 e. The van der Waals surface area contributed by atoms with Crippen LogP contribution in [0.2, 0.25) is 0 Å². The van der Waals surface area contributed by atoms with Gasteiger partial charge in [0.2, 0.25) is 0 Å². The molecule has 0 saturated carbocycles. The molecule has 3 aromatic rings. The molecule has 0 saturated heterocycles. The third-order valence-electron chi connectivity index (χ3n) is 4.84. The number of methoxy groups -OCH3 is 2. The minimum absolute atomic E-state index is 0.00205. The highest BCUT2D eigenvalue weighted by Gasteiger charge is 2.31. The Bertz CT molecular complexity index is 1140. The number of ether oxygens (including phenoxy) is 3. The van der Waals surface area contributed by atoms with Gasteiger partial charge in [-0.2, -0.15) is 5.10 Å². The number of nitrogens with zero attached hydrogens (tertiary/aromatic N) is 3. The Labute approximate surface area is 193 Å². The topological polar surface area (TPSA) is 82.9 Å². The van der Waals surface area contributed by atoms with Gasteiger partial charge in [0.05, 0.1) is 26.0 Å². The fraction of sp³-hybridized carbons (Fsp3) is 0.320. The van der Waals surface area contributed by atoms with E-state index in [2.05, 4.69) is 5.10 Å². The van der Waals surface area contributed by atoms with E-state index in [0.29, 0.717) is 23.5 Å². The maximum atomic E-state index is 12.9. The monoisotopic (exact) mass is 451 g/mol. The molecule has 8 heteroatoms. The lowest BCUT2D eigenvalue weighted by Gasteiger charge is -2.18. The summed E-state index contributed by atoms with van der Waals surface area (Å²) in [6.45, 7) is 4.55. The Kier molecular flexibility index (Phi) is 7.50. The summed E-state index contributed by atoms with van der Waals surface area (Å²) < 4.78 is 17.4. The number of esters is 2. The molecule has 0 aliphatic carbocycles. The van der Waals surface area contributed by atoms with Gasteiger partial charge in [0.1, 0.15) is 17.0 Å². The number of benzene rings is 2. The molecule has 0 spiro atoms.